The molecule has 1 fully saturated rings. The van der Waals surface area contributed by atoms with Crippen molar-refractivity contribution >= 4 is 17.7 Å². The number of carbonyl (C=O) groups is 1. The van der Waals surface area contributed by atoms with Crippen molar-refractivity contribution in [3.63, 3.8) is 0 Å². The predicted molar refractivity (Wildman–Crippen MR) is 94.5 cm³/mol. The van der Waals surface area contributed by atoms with E-state index in [2.05, 4.69) is 36.5 Å². The van der Waals surface area contributed by atoms with Gasteiger partial charge < -0.3 is 10.4 Å². The highest BCUT2D eigenvalue weighted by molar-refractivity contribution is 8.01. The third-order valence-corrected chi connectivity index (χ3v) is 6.37. The smallest absolute Gasteiger partial charge is 0.237 e. The molecule has 0 aliphatic heterocycles. The Kier molecular flexibility index (Phi) is 5.12. The molecule has 0 bridgehead atoms. The van der Waals surface area contributed by atoms with Crippen molar-refractivity contribution in [2.24, 2.45) is 5.92 Å². The largest absolute Gasteiger partial charge is 0.396 e. The SMILES string of the molecule is Cc1ccc(SC2(C(=O)N[C@@H]3C=C[C@H](CO)C3)CCCC2)cc1. The molecule has 2 N–H and O–H groups in total. The maximum absolute atomic E-state index is 13.0. The molecule has 0 aromatic heterocycles. The molecule has 3 rings (SSSR count). The van der Waals surface area contributed by atoms with E-state index in [1.165, 1.54) is 10.5 Å². The highest BCUT2D eigenvalue weighted by Gasteiger charge is 2.43. The summed E-state index contributed by atoms with van der Waals surface area (Å²) in [5.41, 5.74) is 1.24. The van der Waals surface area contributed by atoms with Crippen molar-refractivity contribution in [1.82, 2.24) is 5.32 Å². The van der Waals surface area contributed by atoms with Crippen LogP contribution in [0.1, 0.15) is 37.7 Å². The Morgan fingerprint density at radius 3 is 2.57 bits per heavy atom. The van der Waals surface area contributed by atoms with E-state index in [9.17, 15) is 9.90 Å². The van der Waals surface area contributed by atoms with Gasteiger partial charge in [0.1, 0.15) is 0 Å². The predicted octanol–water partition coefficient (Wildman–Crippen LogP) is 3.45. The van der Waals surface area contributed by atoms with Crippen LogP contribution in [0, 0.1) is 12.8 Å². The third-order valence-electron chi connectivity index (χ3n) is 4.88. The fraction of sp³-hybridized carbons (Fsp3) is 0.526. The first kappa shape index (κ1) is 16.6. The van der Waals surface area contributed by atoms with Gasteiger partial charge in [0, 0.05) is 23.5 Å². The Balaban J connectivity index is 1.69. The Labute approximate surface area is 142 Å². The molecule has 1 aromatic carbocycles. The third kappa shape index (κ3) is 3.81. The summed E-state index contributed by atoms with van der Waals surface area (Å²) in [4.78, 5) is 14.1. The first-order valence-corrected chi connectivity index (χ1v) is 9.29. The molecular weight excluding hydrogens is 306 g/mol. The number of aliphatic hydroxyl groups excluding tert-OH is 1. The Bertz CT molecular complexity index is 576. The number of nitrogens with one attached hydrogen (secondary N) is 1. The van der Waals surface area contributed by atoms with Gasteiger partial charge in [-0.3, -0.25) is 4.79 Å². The van der Waals surface area contributed by atoms with Crippen molar-refractivity contribution < 1.29 is 9.90 Å². The molecule has 0 saturated heterocycles. The van der Waals surface area contributed by atoms with Gasteiger partial charge in [0.05, 0.1) is 4.75 Å². The van der Waals surface area contributed by atoms with Gasteiger partial charge in [-0.25, -0.2) is 0 Å². The maximum Gasteiger partial charge on any atom is 0.237 e. The van der Waals surface area contributed by atoms with Crippen molar-refractivity contribution in [3.05, 3.63) is 42.0 Å². The molecule has 124 valence electrons. The first-order chi connectivity index (χ1) is 11.1. The van der Waals surface area contributed by atoms with Gasteiger partial charge in [-0.2, -0.15) is 0 Å². The number of amides is 1. The summed E-state index contributed by atoms with van der Waals surface area (Å²) in [6, 6.07) is 8.51. The quantitative estimate of drug-likeness (QED) is 0.813. The molecule has 2 atom stereocenters. The fourth-order valence-electron chi connectivity index (χ4n) is 3.47. The molecule has 0 heterocycles. The van der Waals surface area contributed by atoms with Crippen molar-refractivity contribution in [3.8, 4) is 0 Å². The zero-order chi connectivity index (χ0) is 16.3. The van der Waals surface area contributed by atoms with Crippen LogP contribution >= 0.6 is 11.8 Å². The molecule has 4 heteroatoms. The van der Waals surface area contributed by atoms with Crippen LogP contribution in [-0.2, 0) is 4.79 Å². The van der Waals surface area contributed by atoms with Gasteiger partial charge in [0.25, 0.3) is 0 Å². The monoisotopic (exact) mass is 331 g/mol. The summed E-state index contributed by atoms with van der Waals surface area (Å²) < 4.78 is -0.333. The summed E-state index contributed by atoms with van der Waals surface area (Å²) in [7, 11) is 0. The minimum Gasteiger partial charge on any atom is -0.396 e. The fourth-order valence-corrected chi connectivity index (χ4v) is 4.84. The zero-order valence-corrected chi connectivity index (χ0v) is 14.4. The number of carbonyl (C=O) groups excluding carboxylic acids is 1. The number of rotatable bonds is 5. The lowest BCUT2D eigenvalue weighted by molar-refractivity contribution is -0.123. The normalized spacial score (nSPS) is 25.7. The zero-order valence-electron chi connectivity index (χ0n) is 13.6. The minimum absolute atomic E-state index is 0.0655. The average molecular weight is 331 g/mol. The second-order valence-electron chi connectivity index (χ2n) is 6.76. The van der Waals surface area contributed by atoms with E-state index in [1.54, 1.807) is 11.8 Å². The van der Waals surface area contributed by atoms with Crippen molar-refractivity contribution in [1.29, 1.82) is 0 Å². The van der Waals surface area contributed by atoms with Crippen LogP contribution in [0.3, 0.4) is 0 Å². The van der Waals surface area contributed by atoms with Crippen molar-refractivity contribution in [2.75, 3.05) is 6.61 Å². The molecule has 1 amide bonds. The van der Waals surface area contributed by atoms with Crippen LogP contribution in [0.25, 0.3) is 0 Å². The molecule has 0 spiro atoms. The molecule has 3 nitrogen and oxygen atoms in total. The van der Waals surface area contributed by atoms with Gasteiger partial charge in [-0.05, 0) is 38.3 Å². The van der Waals surface area contributed by atoms with E-state index >= 15 is 0 Å². The van der Waals surface area contributed by atoms with Gasteiger partial charge in [-0.15, -0.1) is 11.8 Å². The number of hydrogen-bond donors (Lipinski definition) is 2. The van der Waals surface area contributed by atoms with Crippen LogP contribution in [0.15, 0.2) is 41.3 Å². The van der Waals surface area contributed by atoms with Gasteiger partial charge in [0.2, 0.25) is 5.91 Å². The summed E-state index contributed by atoms with van der Waals surface area (Å²) in [5, 5.41) is 12.4. The molecular formula is C19H25NO2S. The molecule has 23 heavy (non-hydrogen) atoms. The highest BCUT2D eigenvalue weighted by Crippen LogP contribution is 2.45. The number of benzene rings is 1. The summed E-state index contributed by atoms with van der Waals surface area (Å²) in [6.45, 7) is 2.24. The molecule has 2 aliphatic carbocycles. The molecule has 1 aromatic rings. The maximum atomic E-state index is 13.0. The Morgan fingerprint density at radius 2 is 1.96 bits per heavy atom. The Hall–Kier alpha value is -1.26. The lowest BCUT2D eigenvalue weighted by Gasteiger charge is -2.29. The molecule has 0 unspecified atom stereocenters. The van der Waals surface area contributed by atoms with Crippen LogP contribution in [-0.4, -0.2) is 28.4 Å². The van der Waals surface area contributed by atoms with E-state index < -0.39 is 0 Å². The second-order valence-corrected chi connectivity index (χ2v) is 8.22. The van der Waals surface area contributed by atoms with Crippen LogP contribution in [0.2, 0.25) is 0 Å². The van der Waals surface area contributed by atoms with E-state index in [-0.39, 0.29) is 29.2 Å². The van der Waals surface area contributed by atoms with Gasteiger partial charge >= 0.3 is 0 Å². The average Bonchev–Trinajstić information content (AvgIpc) is 3.19. The van der Waals surface area contributed by atoms with E-state index in [4.69, 9.17) is 0 Å². The minimum atomic E-state index is -0.333. The number of aryl methyl sites for hydroxylation is 1. The summed E-state index contributed by atoms with van der Waals surface area (Å²) in [5.74, 6) is 0.346. The van der Waals surface area contributed by atoms with Gasteiger partial charge in [-0.1, -0.05) is 42.7 Å². The number of thioether (sulfide) groups is 1. The highest BCUT2D eigenvalue weighted by atomic mass is 32.2. The standard InChI is InChI=1S/C19H25NO2S/c1-14-4-8-17(9-5-14)23-19(10-2-3-11-19)18(22)20-16-7-6-15(12-16)13-21/h4-9,15-16,21H,2-3,10-13H2,1H3,(H,20,22)/t15-,16+/m0/s1. The second kappa shape index (κ2) is 7.10. The summed E-state index contributed by atoms with van der Waals surface area (Å²) in [6.07, 6.45) is 8.97. The van der Waals surface area contributed by atoms with E-state index in [0.717, 1.165) is 32.1 Å². The number of aliphatic hydroxyl groups is 1. The van der Waals surface area contributed by atoms with Crippen LogP contribution in [0.5, 0.6) is 0 Å². The lowest BCUT2D eigenvalue weighted by Crippen LogP contribution is -2.46. The van der Waals surface area contributed by atoms with Gasteiger partial charge in [0.15, 0.2) is 0 Å². The topological polar surface area (TPSA) is 49.3 Å². The Morgan fingerprint density at radius 1 is 1.26 bits per heavy atom. The van der Waals surface area contributed by atoms with E-state index in [0.29, 0.717) is 0 Å². The van der Waals surface area contributed by atoms with Crippen LogP contribution < -0.4 is 5.32 Å². The molecule has 0 radical (unpaired) electrons. The lowest BCUT2D eigenvalue weighted by atomic mass is 10.0. The van der Waals surface area contributed by atoms with Crippen molar-refractivity contribution in [2.45, 2.75) is 54.7 Å². The first-order valence-electron chi connectivity index (χ1n) is 8.47. The molecule has 1 saturated carbocycles. The van der Waals surface area contributed by atoms with E-state index in [1.807, 2.05) is 12.2 Å². The van der Waals surface area contributed by atoms with Crippen LogP contribution in [0.4, 0.5) is 0 Å². The number of hydrogen-bond acceptors (Lipinski definition) is 3. The summed E-state index contributed by atoms with van der Waals surface area (Å²) >= 11 is 1.72. The molecule has 2 aliphatic rings.